The lowest BCUT2D eigenvalue weighted by Crippen LogP contribution is -2.42. The standard InChI is InChI=1S/C17H21BrN2O2/c18-14-8-6-12(7-9-14)16(11-2-1-3-11)20-15(21)10-19-17(22)13-4-5-13/h6-9,11,13,16H,1-5,10H2,(H,19,22)(H,20,21). The summed E-state index contributed by atoms with van der Waals surface area (Å²) in [6.45, 7) is 0.0785. The molecule has 4 nitrogen and oxygen atoms in total. The summed E-state index contributed by atoms with van der Waals surface area (Å²) in [4.78, 5) is 23.8. The number of carbonyl (C=O) groups excluding carboxylic acids is 2. The van der Waals surface area contributed by atoms with E-state index in [0.29, 0.717) is 5.92 Å². The van der Waals surface area contributed by atoms with Crippen molar-refractivity contribution in [3.05, 3.63) is 34.3 Å². The summed E-state index contributed by atoms with van der Waals surface area (Å²) in [6, 6.07) is 8.16. The van der Waals surface area contributed by atoms with Gasteiger partial charge in [-0.3, -0.25) is 9.59 Å². The van der Waals surface area contributed by atoms with Crippen molar-refractivity contribution in [3.8, 4) is 0 Å². The monoisotopic (exact) mass is 364 g/mol. The molecule has 118 valence electrons. The van der Waals surface area contributed by atoms with Gasteiger partial charge in [0.1, 0.15) is 0 Å². The van der Waals surface area contributed by atoms with Crippen LogP contribution in [0.2, 0.25) is 0 Å². The van der Waals surface area contributed by atoms with Crippen LogP contribution in [0, 0.1) is 11.8 Å². The van der Waals surface area contributed by atoms with Gasteiger partial charge in [-0.15, -0.1) is 0 Å². The van der Waals surface area contributed by atoms with Gasteiger partial charge in [-0.1, -0.05) is 34.5 Å². The first-order valence-electron chi connectivity index (χ1n) is 7.96. The van der Waals surface area contributed by atoms with E-state index in [0.717, 1.165) is 35.7 Å². The Morgan fingerprint density at radius 3 is 2.36 bits per heavy atom. The molecule has 2 fully saturated rings. The molecule has 1 aromatic carbocycles. The minimum atomic E-state index is -0.103. The van der Waals surface area contributed by atoms with E-state index in [9.17, 15) is 9.59 Å². The highest BCUT2D eigenvalue weighted by molar-refractivity contribution is 9.10. The van der Waals surface area contributed by atoms with E-state index in [-0.39, 0.29) is 30.3 Å². The highest BCUT2D eigenvalue weighted by atomic mass is 79.9. The summed E-state index contributed by atoms with van der Waals surface area (Å²) in [5.41, 5.74) is 1.13. The summed E-state index contributed by atoms with van der Waals surface area (Å²) in [5.74, 6) is 0.554. The zero-order valence-corrected chi connectivity index (χ0v) is 14.1. The molecule has 1 aromatic rings. The molecule has 0 saturated heterocycles. The van der Waals surface area contributed by atoms with E-state index in [1.165, 1.54) is 6.42 Å². The molecule has 2 amide bonds. The zero-order valence-electron chi connectivity index (χ0n) is 12.5. The number of nitrogens with one attached hydrogen (secondary N) is 2. The molecule has 3 rings (SSSR count). The lowest BCUT2D eigenvalue weighted by Gasteiger charge is -2.34. The molecule has 2 aliphatic rings. The van der Waals surface area contributed by atoms with Crippen LogP contribution in [0.3, 0.4) is 0 Å². The minimum Gasteiger partial charge on any atom is -0.347 e. The Hall–Kier alpha value is -1.36. The van der Waals surface area contributed by atoms with Crippen LogP contribution in [-0.4, -0.2) is 18.4 Å². The highest BCUT2D eigenvalue weighted by Gasteiger charge is 2.31. The molecule has 0 radical (unpaired) electrons. The van der Waals surface area contributed by atoms with Crippen molar-refractivity contribution in [1.29, 1.82) is 0 Å². The second kappa shape index (κ2) is 6.82. The smallest absolute Gasteiger partial charge is 0.239 e. The number of hydrogen-bond donors (Lipinski definition) is 2. The maximum Gasteiger partial charge on any atom is 0.239 e. The third kappa shape index (κ3) is 3.88. The predicted molar refractivity (Wildman–Crippen MR) is 88.1 cm³/mol. The van der Waals surface area contributed by atoms with Crippen molar-refractivity contribution < 1.29 is 9.59 Å². The summed E-state index contributed by atoms with van der Waals surface area (Å²) in [7, 11) is 0. The van der Waals surface area contributed by atoms with Crippen LogP contribution in [-0.2, 0) is 9.59 Å². The molecule has 0 heterocycles. The molecule has 1 unspecified atom stereocenters. The van der Waals surface area contributed by atoms with Gasteiger partial charge in [0.25, 0.3) is 0 Å². The zero-order chi connectivity index (χ0) is 15.5. The molecule has 0 aromatic heterocycles. The van der Waals surface area contributed by atoms with Gasteiger partial charge >= 0.3 is 0 Å². The SMILES string of the molecule is O=C(CNC(=O)C1CC1)NC(c1ccc(Br)cc1)C1CCC1. The van der Waals surface area contributed by atoms with Crippen molar-refractivity contribution in [2.24, 2.45) is 11.8 Å². The quantitative estimate of drug-likeness (QED) is 0.815. The number of benzene rings is 1. The van der Waals surface area contributed by atoms with Gasteiger partial charge in [0, 0.05) is 10.4 Å². The summed E-state index contributed by atoms with van der Waals surface area (Å²) in [6.07, 6.45) is 5.44. The van der Waals surface area contributed by atoms with E-state index in [1.807, 2.05) is 12.1 Å². The second-order valence-electron chi connectivity index (χ2n) is 6.28. The first-order valence-corrected chi connectivity index (χ1v) is 8.75. The van der Waals surface area contributed by atoms with Crippen LogP contribution in [0.1, 0.15) is 43.7 Å². The van der Waals surface area contributed by atoms with Crippen molar-refractivity contribution >= 4 is 27.7 Å². The fourth-order valence-electron chi connectivity index (χ4n) is 2.80. The van der Waals surface area contributed by atoms with Crippen LogP contribution in [0.5, 0.6) is 0 Å². The Balaban J connectivity index is 1.58. The molecule has 0 aliphatic heterocycles. The van der Waals surface area contributed by atoms with Crippen LogP contribution >= 0.6 is 15.9 Å². The van der Waals surface area contributed by atoms with E-state index < -0.39 is 0 Å². The minimum absolute atomic E-state index is 0.0129. The third-order valence-corrected chi connectivity index (χ3v) is 5.07. The van der Waals surface area contributed by atoms with Crippen LogP contribution in [0.4, 0.5) is 0 Å². The Labute approximate surface area is 139 Å². The average Bonchev–Trinajstić information content (AvgIpc) is 3.27. The Morgan fingerprint density at radius 1 is 1.14 bits per heavy atom. The molecule has 0 spiro atoms. The Morgan fingerprint density at radius 2 is 1.82 bits per heavy atom. The number of hydrogen-bond acceptors (Lipinski definition) is 2. The molecule has 2 aliphatic carbocycles. The van der Waals surface area contributed by atoms with Gasteiger partial charge < -0.3 is 10.6 Å². The first-order chi connectivity index (χ1) is 10.6. The summed E-state index contributed by atoms with van der Waals surface area (Å²) >= 11 is 3.44. The van der Waals surface area contributed by atoms with Crippen molar-refractivity contribution in [3.63, 3.8) is 0 Å². The van der Waals surface area contributed by atoms with Gasteiger partial charge in [-0.25, -0.2) is 0 Å². The van der Waals surface area contributed by atoms with E-state index in [1.54, 1.807) is 0 Å². The van der Waals surface area contributed by atoms with Gasteiger partial charge in [-0.2, -0.15) is 0 Å². The maximum atomic E-state index is 12.2. The number of halogens is 1. The van der Waals surface area contributed by atoms with Crippen LogP contribution < -0.4 is 10.6 Å². The second-order valence-corrected chi connectivity index (χ2v) is 7.20. The molecular weight excluding hydrogens is 344 g/mol. The van der Waals surface area contributed by atoms with Crippen molar-refractivity contribution in [2.75, 3.05) is 6.54 Å². The van der Waals surface area contributed by atoms with Gasteiger partial charge in [0.2, 0.25) is 11.8 Å². The normalized spacial score (nSPS) is 19.1. The third-order valence-electron chi connectivity index (χ3n) is 4.54. The van der Waals surface area contributed by atoms with Crippen LogP contribution in [0.15, 0.2) is 28.7 Å². The van der Waals surface area contributed by atoms with Gasteiger partial charge in [0.15, 0.2) is 0 Å². The lowest BCUT2D eigenvalue weighted by atomic mass is 9.77. The topological polar surface area (TPSA) is 58.2 Å². The molecular formula is C17H21BrN2O2. The maximum absolute atomic E-state index is 12.2. The summed E-state index contributed by atoms with van der Waals surface area (Å²) < 4.78 is 1.03. The van der Waals surface area contributed by atoms with E-state index in [2.05, 4.69) is 38.7 Å². The van der Waals surface area contributed by atoms with E-state index in [4.69, 9.17) is 0 Å². The van der Waals surface area contributed by atoms with Gasteiger partial charge in [-0.05, 0) is 49.3 Å². The Bertz CT molecular complexity index is 550. The predicted octanol–water partition coefficient (Wildman–Crippen LogP) is 2.93. The fourth-order valence-corrected chi connectivity index (χ4v) is 3.06. The lowest BCUT2D eigenvalue weighted by molar-refractivity contribution is -0.127. The average molecular weight is 365 g/mol. The first kappa shape index (κ1) is 15.5. The number of rotatable bonds is 6. The number of carbonyl (C=O) groups is 2. The fraction of sp³-hybridized carbons (Fsp3) is 0.529. The molecule has 2 N–H and O–H groups in total. The molecule has 2 saturated carbocycles. The molecule has 0 bridgehead atoms. The van der Waals surface area contributed by atoms with Crippen LogP contribution in [0.25, 0.3) is 0 Å². The molecule has 22 heavy (non-hydrogen) atoms. The van der Waals surface area contributed by atoms with Gasteiger partial charge in [0.05, 0.1) is 12.6 Å². The Kier molecular flexibility index (Phi) is 4.81. The van der Waals surface area contributed by atoms with Crippen molar-refractivity contribution in [2.45, 2.75) is 38.1 Å². The largest absolute Gasteiger partial charge is 0.347 e. The highest BCUT2D eigenvalue weighted by Crippen LogP contribution is 2.38. The van der Waals surface area contributed by atoms with E-state index >= 15 is 0 Å². The molecule has 1 atom stereocenters. The number of amides is 2. The summed E-state index contributed by atoms with van der Waals surface area (Å²) in [5, 5.41) is 5.83. The molecule has 5 heteroatoms. The van der Waals surface area contributed by atoms with Crippen molar-refractivity contribution in [1.82, 2.24) is 10.6 Å².